The van der Waals surface area contributed by atoms with Crippen LogP contribution in [-0.4, -0.2) is 24.4 Å². The number of amides is 1. The van der Waals surface area contributed by atoms with Gasteiger partial charge in [-0.25, -0.2) is 4.39 Å². The Bertz CT molecular complexity index is 470. The van der Waals surface area contributed by atoms with Crippen molar-refractivity contribution in [3.8, 4) is 6.07 Å². The van der Waals surface area contributed by atoms with Gasteiger partial charge in [-0.3, -0.25) is 4.79 Å². The highest BCUT2D eigenvalue weighted by Gasteiger charge is 2.19. The van der Waals surface area contributed by atoms with Crippen molar-refractivity contribution in [1.82, 2.24) is 4.90 Å². The molecule has 1 aromatic carbocycles. The number of carbonyl (C=O) groups excluding carboxylic acids is 1. The molecule has 17 heavy (non-hydrogen) atoms. The van der Waals surface area contributed by atoms with Crippen molar-refractivity contribution in [1.29, 1.82) is 5.26 Å². The van der Waals surface area contributed by atoms with Crippen molar-refractivity contribution in [2.45, 2.75) is 6.92 Å². The molecular formula is C12H12ClFN2O. The first-order valence-corrected chi connectivity index (χ1v) is 5.44. The summed E-state index contributed by atoms with van der Waals surface area (Å²) in [6, 6.07) is 6.28. The Morgan fingerprint density at radius 3 is 2.88 bits per heavy atom. The van der Waals surface area contributed by atoms with Gasteiger partial charge in [0.15, 0.2) is 5.82 Å². The summed E-state index contributed by atoms with van der Waals surface area (Å²) in [5.41, 5.74) is -0.0786. The molecule has 1 atom stereocenters. The summed E-state index contributed by atoms with van der Waals surface area (Å²) in [5, 5.41) is 8.57. The Hall–Kier alpha value is -1.60. The van der Waals surface area contributed by atoms with Crippen LogP contribution in [0.5, 0.6) is 0 Å². The average molecular weight is 255 g/mol. The molecule has 1 rings (SSSR count). The van der Waals surface area contributed by atoms with Gasteiger partial charge in [-0.15, -0.1) is 0 Å². The van der Waals surface area contributed by atoms with Gasteiger partial charge in [0.25, 0.3) is 5.91 Å². The lowest BCUT2D eigenvalue weighted by molar-refractivity contribution is 0.0780. The molecular weight excluding hydrogens is 243 g/mol. The normalized spacial score (nSPS) is 11.7. The quantitative estimate of drug-likeness (QED) is 0.832. The van der Waals surface area contributed by atoms with Crippen LogP contribution in [0.4, 0.5) is 4.39 Å². The molecule has 0 saturated carbocycles. The summed E-state index contributed by atoms with van der Waals surface area (Å²) in [4.78, 5) is 13.2. The summed E-state index contributed by atoms with van der Waals surface area (Å²) in [6.45, 7) is 1.94. The maximum absolute atomic E-state index is 13.6. The SMILES string of the molecule is CC(C#N)CN(C)C(=O)c1cccc(Cl)c1F. The van der Waals surface area contributed by atoms with Crippen LogP contribution in [-0.2, 0) is 0 Å². The van der Waals surface area contributed by atoms with Crippen LogP contribution in [0.1, 0.15) is 17.3 Å². The molecule has 1 amide bonds. The fourth-order valence-electron chi connectivity index (χ4n) is 1.41. The Morgan fingerprint density at radius 1 is 1.65 bits per heavy atom. The third-order valence-corrected chi connectivity index (χ3v) is 2.59. The Labute approximate surface area is 104 Å². The second kappa shape index (κ2) is 5.65. The van der Waals surface area contributed by atoms with E-state index in [-0.39, 0.29) is 23.0 Å². The standard InChI is InChI=1S/C12H12ClFN2O/c1-8(6-15)7-16(2)12(17)9-4-3-5-10(13)11(9)14/h3-5,8H,7H2,1-2H3. The molecule has 0 aromatic heterocycles. The molecule has 0 saturated heterocycles. The van der Waals surface area contributed by atoms with Gasteiger partial charge in [-0.2, -0.15) is 5.26 Å². The molecule has 0 heterocycles. The number of hydrogen-bond acceptors (Lipinski definition) is 2. The predicted octanol–water partition coefficient (Wildman–Crippen LogP) is 2.71. The number of nitriles is 1. The monoisotopic (exact) mass is 254 g/mol. The maximum Gasteiger partial charge on any atom is 0.256 e. The van der Waals surface area contributed by atoms with E-state index in [0.29, 0.717) is 0 Å². The zero-order chi connectivity index (χ0) is 13.0. The lowest BCUT2D eigenvalue weighted by Gasteiger charge is -2.18. The van der Waals surface area contributed by atoms with E-state index in [9.17, 15) is 9.18 Å². The van der Waals surface area contributed by atoms with Crippen LogP contribution in [0.25, 0.3) is 0 Å². The van der Waals surface area contributed by atoms with E-state index >= 15 is 0 Å². The minimum absolute atomic E-state index is 0.0786. The molecule has 1 aromatic rings. The fourth-order valence-corrected chi connectivity index (χ4v) is 1.58. The van der Waals surface area contributed by atoms with Crippen LogP contribution in [0.15, 0.2) is 18.2 Å². The van der Waals surface area contributed by atoms with E-state index in [1.54, 1.807) is 6.92 Å². The number of halogens is 2. The van der Waals surface area contributed by atoms with E-state index in [1.165, 1.54) is 30.1 Å². The average Bonchev–Trinajstić information content (AvgIpc) is 2.31. The summed E-state index contributed by atoms with van der Waals surface area (Å²) >= 11 is 5.60. The largest absolute Gasteiger partial charge is 0.340 e. The van der Waals surface area contributed by atoms with Crippen molar-refractivity contribution >= 4 is 17.5 Å². The third-order valence-electron chi connectivity index (χ3n) is 2.30. The van der Waals surface area contributed by atoms with Crippen LogP contribution in [0.3, 0.4) is 0 Å². The number of benzene rings is 1. The first-order valence-electron chi connectivity index (χ1n) is 5.06. The fraction of sp³-hybridized carbons (Fsp3) is 0.333. The van der Waals surface area contributed by atoms with Gasteiger partial charge in [0, 0.05) is 13.6 Å². The van der Waals surface area contributed by atoms with E-state index in [0.717, 1.165) is 0 Å². The van der Waals surface area contributed by atoms with E-state index < -0.39 is 11.7 Å². The highest BCUT2D eigenvalue weighted by atomic mass is 35.5. The summed E-state index contributed by atoms with van der Waals surface area (Å²) < 4.78 is 13.6. The number of hydrogen-bond donors (Lipinski definition) is 0. The molecule has 0 N–H and O–H groups in total. The van der Waals surface area contributed by atoms with Crippen molar-refractivity contribution in [3.05, 3.63) is 34.6 Å². The van der Waals surface area contributed by atoms with Crippen molar-refractivity contribution in [3.63, 3.8) is 0 Å². The highest BCUT2D eigenvalue weighted by Crippen LogP contribution is 2.19. The maximum atomic E-state index is 13.6. The summed E-state index contributed by atoms with van der Waals surface area (Å²) in [7, 11) is 1.52. The molecule has 90 valence electrons. The minimum atomic E-state index is -0.726. The molecule has 0 bridgehead atoms. The van der Waals surface area contributed by atoms with Gasteiger partial charge in [0.1, 0.15) is 0 Å². The van der Waals surface area contributed by atoms with Gasteiger partial charge in [0.05, 0.1) is 22.6 Å². The van der Waals surface area contributed by atoms with Crippen LogP contribution < -0.4 is 0 Å². The zero-order valence-electron chi connectivity index (χ0n) is 9.58. The topological polar surface area (TPSA) is 44.1 Å². The molecule has 5 heteroatoms. The van der Waals surface area contributed by atoms with Gasteiger partial charge < -0.3 is 4.90 Å². The van der Waals surface area contributed by atoms with Gasteiger partial charge in [-0.1, -0.05) is 17.7 Å². The first-order chi connectivity index (χ1) is 7.97. The summed E-state index contributed by atoms with van der Waals surface area (Å²) in [6.07, 6.45) is 0. The smallest absolute Gasteiger partial charge is 0.256 e. The highest BCUT2D eigenvalue weighted by molar-refractivity contribution is 6.31. The van der Waals surface area contributed by atoms with Crippen molar-refractivity contribution in [2.75, 3.05) is 13.6 Å². The van der Waals surface area contributed by atoms with Crippen LogP contribution in [0, 0.1) is 23.1 Å². The van der Waals surface area contributed by atoms with Gasteiger partial charge >= 0.3 is 0 Å². The Balaban J connectivity index is 2.90. The number of nitrogens with zero attached hydrogens (tertiary/aromatic N) is 2. The van der Waals surface area contributed by atoms with Crippen molar-refractivity contribution < 1.29 is 9.18 Å². The minimum Gasteiger partial charge on any atom is -0.340 e. The summed E-state index contributed by atoms with van der Waals surface area (Å²) in [5.74, 6) is -1.51. The second-order valence-corrected chi connectivity index (χ2v) is 4.22. The number of rotatable bonds is 3. The molecule has 0 aliphatic carbocycles. The molecule has 0 fully saturated rings. The molecule has 0 spiro atoms. The van der Waals surface area contributed by atoms with Gasteiger partial charge in [0.2, 0.25) is 0 Å². The molecule has 1 unspecified atom stereocenters. The second-order valence-electron chi connectivity index (χ2n) is 3.82. The third kappa shape index (κ3) is 3.18. The first kappa shape index (κ1) is 13.5. The molecule has 3 nitrogen and oxygen atoms in total. The van der Waals surface area contributed by atoms with E-state index in [4.69, 9.17) is 16.9 Å². The Kier molecular flexibility index (Phi) is 4.47. The zero-order valence-corrected chi connectivity index (χ0v) is 10.3. The lowest BCUT2D eigenvalue weighted by Crippen LogP contribution is -2.31. The van der Waals surface area contributed by atoms with Crippen LogP contribution >= 0.6 is 11.6 Å². The Morgan fingerprint density at radius 2 is 2.29 bits per heavy atom. The molecule has 0 aliphatic rings. The van der Waals surface area contributed by atoms with Gasteiger partial charge in [-0.05, 0) is 19.1 Å². The van der Waals surface area contributed by atoms with Crippen molar-refractivity contribution in [2.24, 2.45) is 5.92 Å². The molecule has 0 aliphatic heterocycles. The van der Waals surface area contributed by atoms with E-state index in [1.807, 2.05) is 6.07 Å². The molecule has 0 radical (unpaired) electrons. The van der Waals surface area contributed by atoms with Crippen LogP contribution in [0.2, 0.25) is 5.02 Å². The van der Waals surface area contributed by atoms with E-state index in [2.05, 4.69) is 0 Å². The number of carbonyl (C=O) groups is 1. The predicted molar refractivity (Wildman–Crippen MR) is 63.1 cm³/mol. The lowest BCUT2D eigenvalue weighted by atomic mass is 10.1.